The molecule has 1 aromatic rings. The highest BCUT2D eigenvalue weighted by Crippen LogP contribution is 2.40. The molecule has 1 unspecified atom stereocenters. The Morgan fingerprint density at radius 3 is 2.11 bits per heavy atom. The first-order valence-corrected chi connectivity index (χ1v) is 9.77. The number of rotatable bonds is 4. The highest BCUT2D eigenvalue weighted by atomic mass is 79.9. The molecule has 100 valence electrons. The first-order valence-electron chi connectivity index (χ1n) is 6.07. The molecule has 0 bridgehead atoms. The van der Waals surface area contributed by atoms with E-state index in [1.165, 1.54) is 0 Å². The quantitative estimate of drug-likeness (QED) is 0.593. The molecule has 0 heterocycles. The molecule has 0 fully saturated rings. The van der Waals surface area contributed by atoms with Crippen molar-refractivity contribution in [3.63, 3.8) is 0 Å². The Morgan fingerprint density at radius 2 is 1.72 bits per heavy atom. The van der Waals surface area contributed by atoms with Crippen LogP contribution < -0.4 is 0 Å². The summed E-state index contributed by atoms with van der Waals surface area (Å²) in [5.41, 5.74) is 0.907. The van der Waals surface area contributed by atoms with Crippen molar-refractivity contribution in [3.05, 3.63) is 35.9 Å². The summed E-state index contributed by atoms with van der Waals surface area (Å²) in [6, 6.07) is 9.64. The molecule has 0 saturated carbocycles. The minimum Gasteiger partial charge on any atom is -0.402 e. The normalized spacial score (nSPS) is 14.3. The van der Waals surface area contributed by atoms with E-state index in [4.69, 9.17) is 4.43 Å². The van der Waals surface area contributed by atoms with Gasteiger partial charge in [0.2, 0.25) is 4.69 Å². The zero-order valence-electron chi connectivity index (χ0n) is 11.7. The van der Waals surface area contributed by atoms with Gasteiger partial charge in [-0.15, -0.1) is 0 Å². The number of hydrogen-bond donors (Lipinski definition) is 0. The standard InChI is InChI=1S/C14H21BrO2Si/c1-14(2,3)18(4,5)17-12(13(15)16)11-9-7-6-8-10-11/h6-10,12H,1-5H3. The van der Waals surface area contributed by atoms with Crippen molar-refractivity contribution < 1.29 is 9.22 Å². The molecule has 1 atom stereocenters. The summed E-state index contributed by atoms with van der Waals surface area (Å²) in [6.45, 7) is 10.8. The van der Waals surface area contributed by atoms with Crippen molar-refractivity contribution in [2.24, 2.45) is 0 Å². The molecule has 1 aromatic carbocycles. The molecule has 0 aliphatic rings. The molecule has 0 radical (unpaired) electrons. The number of halogens is 1. The third kappa shape index (κ3) is 3.77. The van der Waals surface area contributed by atoms with Gasteiger partial charge < -0.3 is 4.43 Å². The van der Waals surface area contributed by atoms with Crippen molar-refractivity contribution in [1.29, 1.82) is 0 Å². The Kier molecular flexibility index (Phi) is 4.92. The lowest BCUT2D eigenvalue weighted by Gasteiger charge is -2.38. The van der Waals surface area contributed by atoms with Gasteiger partial charge in [0.15, 0.2) is 8.32 Å². The Bertz CT molecular complexity index is 410. The van der Waals surface area contributed by atoms with Gasteiger partial charge in [-0.3, -0.25) is 4.79 Å². The van der Waals surface area contributed by atoms with Crippen LogP contribution in [-0.4, -0.2) is 13.0 Å². The lowest BCUT2D eigenvalue weighted by atomic mass is 10.1. The average molecular weight is 329 g/mol. The van der Waals surface area contributed by atoms with E-state index in [1.54, 1.807) is 0 Å². The van der Waals surface area contributed by atoms with Crippen molar-refractivity contribution in [1.82, 2.24) is 0 Å². The summed E-state index contributed by atoms with van der Waals surface area (Å²) >= 11 is 3.06. The Balaban J connectivity index is 3.00. The maximum Gasteiger partial charge on any atom is 0.229 e. The Hall–Kier alpha value is -0.453. The second-order valence-corrected chi connectivity index (χ2v) is 11.5. The van der Waals surface area contributed by atoms with Crippen LogP contribution in [0.15, 0.2) is 30.3 Å². The third-order valence-electron chi connectivity index (χ3n) is 3.53. The van der Waals surface area contributed by atoms with Crippen LogP contribution in [-0.2, 0) is 9.22 Å². The summed E-state index contributed by atoms with van der Waals surface area (Å²) < 4.78 is 6.08. The smallest absolute Gasteiger partial charge is 0.229 e. The van der Waals surface area contributed by atoms with E-state index in [2.05, 4.69) is 49.8 Å². The van der Waals surface area contributed by atoms with E-state index in [1.807, 2.05) is 30.3 Å². The molecular weight excluding hydrogens is 308 g/mol. The third-order valence-corrected chi connectivity index (χ3v) is 8.38. The summed E-state index contributed by atoms with van der Waals surface area (Å²) in [7, 11) is -1.96. The monoisotopic (exact) mass is 328 g/mol. The van der Waals surface area contributed by atoms with Crippen LogP contribution in [0.2, 0.25) is 18.1 Å². The molecule has 0 aliphatic heterocycles. The number of benzene rings is 1. The second-order valence-electron chi connectivity index (χ2n) is 5.97. The van der Waals surface area contributed by atoms with Gasteiger partial charge in [-0.1, -0.05) is 51.1 Å². The average Bonchev–Trinajstić information content (AvgIpc) is 2.25. The molecule has 18 heavy (non-hydrogen) atoms. The van der Waals surface area contributed by atoms with E-state index in [-0.39, 0.29) is 9.73 Å². The van der Waals surface area contributed by atoms with E-state index in [9.17, 15) is 4.79 Å². The molecule has 0 aromatic heterocycles. The van der Waals surface area contributed by atoms with Crippen molar-refractivity contribution in [2.45, 2.75) is 45.0 Å². The first kappa shape index (κ1) is 15.6. The molecule has 2 nitrogen and oxygen atoms in total. The van der Waals surface area contributed by atoms with Crippen LogP contribution >= 0.6 is 15.9 Å². The topological polar surface area (TPSA) is 26.3 Å². The van der Waals surface area contributed by atoms with Gasteiger partial charge in [-0.05, 0) is 39.6 Å². The largest absolute Gasteiger partial charge is 0.402 e. The van der Waals surface area contributed by atoms with Gasteiger partial charge in [0.1, 0.15) is 6.10 Å². The minimum atomic E-state index is -1.96. The van der Waals surface area contributed by atoms with Crippen molar-refractivity contribution >= 4 is 28.9 Å². The molecule has 1 rings (SSSR count). The number of carbonyl (C=O) groups excluding carboxylic acids is 1. The summed E-state index contributed by atoms with van der Waals surface area (Å²) in [6.07, 6.45) is -0.507. The predicted octanol–water partition coefficient (Wildman–Crippen LogP) is 4.67. The Morgan fingerprint density at radius 1 is 1.22 bits per heavy atom. The van der Waals surface area contributed by atoms with Crippen molar-refractivity contribution in [3.8, 4) is 0 Å². The Labute approximate surface area is 119 Å². The van der Waals surface area contributed by atoms with Gasteiger partial charge in [0.05, 0.1) is 0 Å². The summed E-state index contributed by atoms with van der Waals surface area (Å²) in [5.74, 6) is 0. The van der Waals surface area contributed by atoms with Gasteiger partial charge in [-0.25, -0.2) is 0 Å². The van der Waals surface area contributed by atoms with E-state index in [0.29, 0.717) is 0 Å². The van der Waals surface area contributed by atoms with Crippen LogP contribution in [0.25, 0.3) is 0 Å². The fourth-order valence-electron chi connectivity index (χ4n) is 1.34. The molecule has 0 aliphatic carbocycles. The predicted molar refractivity (Wildman–Crippen MR) is 81.4 cm³/mol. The fourth-order valence-corrected chi connectivity index (χ4v) is 3.06. The highest BCUT2D eigenvalue weighted by Gasteiger charge is 2.40. The highest BCUT2D eigenvalue weighted by molar-refractivity contribution is 9.18. The fraction of sp³-hybridized carbons (Fsp3) is 0.500. The molecule has 0 saturated heterocycles. The lowest BCUT2D eigenvalue weighted by molar-refractivity contribution is -0.117. The van der Waals surface area contributed by atoms with Crippen LogP contribution in [0, 0.1) is 0 Å². The molecule has 0 N–H and O–H groups in total. The van der Waals surface area contributed by atoms with Gasteiger partial charge >= 0.3 is 0 Å². The number of hydrogen-bond acceptors (Lipinski definition) is 2. The molecule has 4 heteroatoms. The van der Waals surface area contributed by atoms with E-state index >= 15 is 0 Å². The van der Waals surface area contributed by atoms with Crippen LogP contribution in [0.5, 0.6) is 0 Å². The SMILES string of the molecule is CC(C)(C)[Si](C)(C)OC(C(=O)Br)c1ccccc1. The van der Waals surface area contributed by atoms with E-state index in [0.717, 1.165) is 5.56 Å². The maximum atomic E-state index is 11.8. The van der Waals surface area contributed by atoms with Crippen LogP contribution in [0.4, 0.5) is 0 Å². The minimum absolute atomic E-state index is 0.0858. The van der Waals surface area contributed by atoms with Crippen LogP contribution in [0.3, 0.4) is 0 Å². The second kappa shape index (κ2) is 5.68. The van der Waals surface area contributed by atoms with Crippen LogP contribution in [0.1, 0.15) is 32.4 Å². The molecule has 0 spiro atoms. The molecular formula is C14H21BrO2Si. The zero-order chi connectivity index (χ0) is 14.0. The zero-order valence-corrected chi connectivity index (χ0v) is 14.2. The van der Waals surface area contributed by atoms with Gasteiger partial charge in [-0.2, -0.15) is 0 Å². The van der Waals surface area contributed by atoms with Crippen molar-refractivity contribution in [2.75, 3.05) is 0 Å². The summed E-state index contributed by atoms with van der Waals surface area (Å²) in [4.78, 5) is 11.8. The molecule has 0 amide bonds. The number of carbonyl (C=O) groups is 1. The summed E-state index contributed by atoms with van der Waals surface area (Å²) in [5, 5.41) is 0.0858. The van der Waals surface area contributed by atoms with E-state index < -0.39 is 14.4 Å². The first-order chi connectivity index (χ1) is 8.15. The lowest BCUT2D eigenvalue weighted by Crippen LogP contribution is -2.42. The maximum absolute atomic E-state index is 11.8. The van der Waals surface area contributed by atoms with Gasteiger partial charge in [0.25, 0.3) is 0 Å². The van der Waals surface area contributed by atoms with Gasteiger partial charge in [0, 0.05) is 0 Å².